The summed E-state index contributed by atoms with van der Waals surface area (Å²) in [5.74, 6) is 0.913. The number of ether oxygens (including phenoxy) is 1. The molecule has 108 valence electrons. The molecule has 2 N–H and O–H groups in total. The summed E-state index contributed by atoms with van der Waals surface area (Å²) in [5.41, 5.74) is 1.15. The van der Waals surface area contributed by atoms with Gasteiger partial charge in [-0.05, 0) is 18.1 Å². The minimum Gasteiger partial charge on any atom is -0.395 e. The maximum Gasteiger partial charge on any atom is 0.125 e. The smallest absolute Gasteiger partial charge is 0.125 e. The van der Waals surface area contributed by atoms with E-state index < -0.39 is 0 Å². The summed E-state index contributed by atoms with van der Waals surface area (Å²) in [5, 5.41) is 12.3. The molecule has 0 spiro atoms. The molecule has 0 saturated heterocycles. The second-order valence-electron chi connectivity index (χ2n) is 4.47. The van der Waals surface area contributed by atoms with Crippen molar-refractivity contribution >= 4 is 5.82 Å². The third kappa shape index (κ3) is 6.52. The van der Waals surface area contributed by atoms with E-state index in [1.807, 2.05) is 12.3 Å². The Morgan fingerprint density at radius 1 is 1.37 bits per heavy atom. The molecule has 0 radical (unpaired) electrons. The van der Waals surface area contributed by atoms with Crippen LogP contribution in [0, 0.1) is 0 Å². The van der Waals surface area contributed by atoms with Crippen molar-refractivity contribution in [3.8, 4) is 0 Å². The van der Waals surface area contributed by atoms with Gasteiger partial charge in [-0.2, -0.15) is 0 Å². The number of anilines is 1. The van der Waals surface area contributed by atoms with Crippen LogP contribution in [0.3, 0.4) is 0 Å². The molecule has 5 nitrogen and oxygen atoms in total. The minimum absolute atomic E-state index is 0.160. The molecule has 19 heavy (non-hydrogen) atoms. The Hall–Kier alpha value is -1.17. The first-order valence-corrected chi connectivity index (χ1v) is 6.81. The number of rotatable bonds is 10. The average molecular weight is 267 g/mol. The van der Waals surface area contributed by atoms with Crippen LogP contribution in [0.4, 0.5) is 5.82 Å². The van der Waals surface area contributed by atoms with Crippen LogP contribution in [0.2, 0.25) is 0 Å². The van der Waals surface area contributed by atoms with Gasteiger partial charge in [-0.15, -0.1) is 0 Å². The van der Waals surface area contributed by atoms with Crippen molar-refractivity contribution in [1.29, 1.82) is 0 Å². The van der Waals surface area contributed by atoms with Gasteiger partial charge in [-0.3, -0.25) is 4.90 Å². The highest BCUT2D eigenvalue weighted by molar-refractivity contribution is 5.35. The number of nitrogens with zero attached hydrogens (tertiary/aromatic N) is 2. The molecule has 1 aromatic heterocycles. The second-order valence-corrected chi connectivity index (χ2v) is 4.47. The fourth-order valence-corrected chi connectivity index (χ4v) is 1.77. The van der Waals surface area contributed by atoms with Crippen LogP contribution < -0.4 is 5.32 Å². The van der Waals surface area contributed by atoms with Crippen LogP contribution >= 0.6 is 0 Å². The Morgan fingerprint density at radius 2 is 2.21 bits per heavy atom. The Labute approximate surface area is 115 Å². The zero-order valence-electron chi connectivity index (χ0n) is 11.9. The molecule has 1 heterocycles. The van der Waals surface area contributed by atoms with Gasteiger partial charge >= 0.3 is 0 Å². The van der Waals surface area contributed by atoms with Gasteiger partial charge in [0.15, 0.2) is 0 Å². The molecule has 0 aliphatic heterocycles. The Kier molecular flexibility index (Phi) is 8.13. The molecule has 1 rings (SSSR count). The van der Waals surface area contributed by atoms with E-state index in [2.05, 4.69) is 28.2 Å². The van der Waals surface area contributed by atoms with E-state index in [9.17, 15) is 0 Å². The van der Waals surface area contributed by atoms with Crippen LogP contribution in [0.25, 0.3) is 0 Å². The molecule has 0 unspecified atom stereocenters. The van der Waals surface area contributed by atoms with Crippen molar-refractivity contribution in [2.24, 2.45) is 0 Å². The first-order valence-electron chi connectivity index (χ1n) is 6.81. The molecular weight excluding hydrogens is 242 g/mol. The molecule has 0 aliphatic carbocycles. The van der Waals surface area contributed by atoms with Crippen molar-refractivity contribution in [1.82, 2.24) is 9.88 Å². The summed E-state index contributed by atoms with van der Waals surface area (Å²) in [7, 11) is 1.69. The molecule has 1 aromatic rings. The first-order chi connectivity index (χ1) is 9.30. The van der Waals surface area contributed by atoms with Crippen LogP contribution in [0.5, 0.6) is 0 Å². The first kappa shape index (κ1) is 15.9. The largest absolute Gasteiger partial charge is 0.395 e. The number of hydrogen-bond donors (Lipinski definition) is 2. The number of aliphatic hydroxyl groups is 1. The highest BCUT2D eigenvalue weighted by Gasteiger charge is 2.05. The number of methoxy groups -OCH3 is 1. The summed E-state index contributed by atoms with van der Waals surface area (Å²) in [4.78, 5) is 6.53. The number of pyridine rings is 1. The SMILES string of the molecule is CCCNc1ccc(CN(CCO)CCOC)cn1. The lowest BCUT2D eigenvalue weighted by atomic mass is 10.2. The van der Waals surface area contributed by atoms with E-state index in [1.54, 1.807) is 7.11 Å². The summed E-state index contributed by atoms with van der Waals surface area (Å²) in [6.07, 6.45) is 2.97. The van der Waals surface area contributed by atoms with Gasteiger partial charge < -0.3 is 15.2 Å². The Balaban J connectivity index is 2.48. The van der Waals surface area contributed by atoms with Crippen LogP contribution in [-0.2, 0) is 11.3 Å². The molecule has 0 aromatic carbocycles. The summed E-state index contributed by atoms with van der Waals surface area (Å²) in [6, 6.07) is 4.07. The van der Waals surface area contributed by atoms with E-state index >= 15 is 0 Å². The lowest BCUT2D eigenvalue weighted by Gasteiger charge is -2.20. The highest BCUT2D eigenvalue weighted by Crippen LogP contribution is 2.08. The molecule has 0 bridgehead atoms. The topological polar surface area (TPSA) is 57.6 Å². The molecule has 0 atom stereocenters. The number of aromatic nitrogens is 1. The van der Waals surface area contributed by atoms with Gasteiger partial charge in [0.25, 0.3) is 0 Å². The molecule has 0 amide bonds. The predicted molar refractivity (Wildman–Crippen MR) is 77.3 cm³/mol. The summed E-state index contributed by atoms with van der Waals surface area (Å²) in [6.45, 7) is 6.15. The molecule has 0 aliphatic rings. The zero-order chi connectivity index (χ0) is 13.9. The molecule has 0 fully saturated rings. The van der Waals surface area contributed by atoms with E-state index in [4.69, 9.17) is 9.84 Å². The normalized spacial score (nSPS) is 10.9. The van der Waals surface area contributed by atoms with Gasteiger partial charge in [0.1, 0.15) is 5.82 Å². The van der Waals surface area contributed by atoms with E-state index in [0.29, 0.717) is 13.2 Å². The molecule has 5 heteroatoms. The Morgan fingerprint density at radius 3 is 2.79 bits per heavy atom. The number of nitrogens with one attached hydrogen (secondary N) is 1. The fraction of sp³-hybridized carbons (Fsp3) is 0.643. The van der Waals surface area contributed by atoms with E-state index in [1.165, 1.54) is 0 Å². The average Bonchev–Trinajstić information content (AvgIpc) is 2.44. The number of hydrogen-bond acceptors (Lipinski definition) is 5. The quantitative estimate of drug-likeness (QED) is 0.670. The second kappa shape index (κ2) is 9.72. The van der Waals surface area contributed by atoms with Gasteiger partial charge in [0.05, 0.1) is 13.2 Å². The summed E-state index contributed by atoms with van der Waals surface area (Å²) >= 11 is 0. The maximum atomic E-state index is 9.05. The molecular formula is C14H25N3O2. The minimum atomic E-state index is 0.160. The van der Waals surface area contributed by atoms with Crippen LogP contribution in [-0.4, -0.2) is 54.9 Å². The van der Waals surface area contributed by atoms with Crippen molar-refractivity contribution in [2.45, 2.75) is 19.9 Å². The fourth-order valence-electron chi connectivity index (χ4n) is 1.77. The maximum absolute atomic E-state index is 9.05. The van der Waals surface area contributed by atoms with Crippen molar-refractivity contribution < 1.29 is 9.84 Å². The standard InChI is InChI=1S/C14H25N3O2/c1-3-6-15-14-5-4-13(11-16-14)12-17(7-9-18)8-10-19-2/h4-5,11,18H,3,6-10,12H2,1-2H3,(H,15,16). The summed E-state index contributed by atoms with van der Waals surface area (Å²) < 4.78 is 5.07. The highest BCUT2D eigenvalue weighted by atomic mass is 16.5. The predicted octanol–water partition coefficient (Wildman–Crippen LogP) is 1.34. The van der Waals surface area contributed by atoms with E-state index in [-0.39, 0.29) is 6.61 Å². The van der Waals surface area contributed by atoms with Gasteiger partial charge in [-0.25, -0.2) is 4.98 Å². The monoisotopic (exact) mass is 267 g/mol. The van der Waals surface area contributed by atoms with Gasteiger partial charge in [-0.1, -0.05) is 13.0 Å². The lowest BCUT2D eigenvalue weighted by molar-refractivity contribution is 0.127. The third-order valence-corrected chi connectivity index (χ3v) is 2.81. The van der Waals surface area contributed by atoms with Crippen molar-refractivity contribution in [2.75, 3.05) is 45.3 Å². The van der Waals surface area contributed by atoms with E-state index in [0.717, 1.165) is 37.4 Å². The zero-order valence-corrected chi connectivity index (χ0v) is 11.9. The third-order valence-electron chi connectivity index (χ3n) is 2.81. The Bertz CT molecular complexity index is 330. The lowest BCUT2D eigenvalue weighted by Crippen LogP contribution is -2.29. The molecule has 0 saturated carbocycles. The van der Waals surface area contributed by atoms with Gasteiger partial charge in [0, 0.05) is 39.5 Å². The van der Waals surface area contributed by atoms with Gasteiger partial charge in [0.2, 0.25) is 0 Å². The van der Waals surface area contributed by atoms with Crippen molar-refractivity contribution in [3.63, 3.8) is 0 Å². The van der Waals surface area contributed by atoms with Crippen LogP contribution in [0.15, 0.2) is 18.3 Å². The van der Waals surface area contributed by atoms with Crippen LogP contribution in [0.1, 0.15) is 18.9 Å². The number of aliphatic hydroxyl groups excluding tert-OH is 1. The van der Waals surface area contributed by atoms with Crippen molar-refractivity contribution in [3.05, 3.63) is 23.9 Å².